The lowest BCUT2D eigenvalue weighted by Gasteiger charge is -2.20. The van der Waals surface area contributed by atoms with Crippen molar-refractivity contribution in [3.8, 4) is 0 Å². The summed E-state index contributed by atoms with van der Waals surface area (Å²) in [6.07, 6.45) is 0.729. The zero-order chi connectivity index (χ0) is 14.6. The van der Waals surface area contributed by atoms with Gasteiger partial charge in [-0.1, -0.05) is 13.8 Å². The molecule has 1 rings (SSSR count). The van der Waals surface area contributed by atoms with Crippen LogP contribution in [0.25, 0.3) is 0 Å². The Balaban J connectivity index is 2.61. The Labute approximate surface area is 113 Å². The first-order valence-electron chi connectivity index (χ1n) is 6.47. The van der Waals surface area contributed by atoms with Gasteiger partial charge in [-0.05, 0) is 12.3 Å². The number of nitrogens with one attached hydrogen (secondary N) is 1. The quantitative estimate of drug-likeness (QED) is 0.723. The molecule has 1 saturated heterocycles. The van der Waals surface area contributed by atoms with Gasteiger partial charge in [0.25, 0.3) is 0 Å². The second-order valence-electron chi connectivity index (χ2n) is 5.39. The number of amides is 2. The first kappa shape index (κ1) is 15.5. The van der Waals surface area contributed by atoms with Gasteiger partial charge in [0.1, 0.15) is 6.04 Å². The molecule has 1 aliphatic rings. The van der Waals surface area contributed by atoms with Crippen LogP contribution in [0.15, 0.2) is 0 Å². The number of carbonyl (C=O) groups is 3. The largest absolute Gasteiger partial charge is 0.467 e. The predicted molar refractivity (Wildman–Crippen MR) is 69.1 cm³/mol. The van der Waals surface area contributed by atoms with E-state index in [1.54, 1.807) is 7.05 Å². The van der Waals surface area contributed by atoms with E-state index in [1.807, 2.05) is 13.8 Å². The SMILES string of the molecule is COC(=O)C(CC(C)C)NC(=O)C1CC(=O)N(C)C1. The Bertz CT molecular complexity index is 368. The lowest BCUT2D eigenvalue weighted by molar-refractivity contribution is -0.146. The Morgan fingerprint density at radius 2 is 2.11 bits per heavy atom. The standard InChI is InChI=1S/C13H22N2O4/c1-8(2)5-10(13(18)19-4)14-12(17)9-6-11(16)15(3)7-9/h8-10H,5-7H2,1-4H3,(H,14,17). The van der Waals surface area contributed by atoms with Gasteiger partial charge in [-0.3, -0.25) is 9.59 Å². The lowest BCUT2D eigenvalue weighted by atomic mass is 10.0. The molecule has 1 aliphatic heterocycles. The molecule has 2 unspecified atom stereocenters. The molecule has 1 N–H and O–H groups in total. The van der Waals surface area contributed by atoms with E-state index < -0.39 is 12.0 Å². The van der Waals surface area contributed by atoms with Crippen LogP contribution in [0.2, 0.25) is 0 Å². The van der Waals surface area contributed by atoms with Crippen molar-refractivity contribution in [1.82, 2.24) is 10.2 Å². The van der Waals surface area contributed by atoms with Gasteiger partial charge in [-0.15, -0.1) is 0 Å². The molecular weight excluding hydrogens is 248 g/mol. The van der Waals surface area contributed by atoms with Crippen LogP contribution in [0.5, 0.6) is 0 Å². The van der Waals surface area contributed by atoms with E-state index in [9.17, 15) is 14.4 Å². The molecule has 19 heavy (non-hydrogen) atoms. The molecule has 0 aromatic rings. The number of esters is 1. The van der Waals surface area contributed by atoms with Gasteiger partial charge >= 0.3 is 5.97 Å². The molecule has 0 saturated carbocycles. The van der Waals surface area contributed by atoms with Crippen LogP contribution in [0.3, 0.4) is 0 Å². The minimum absolute atomic E-state index is 0.0429. The van der Waals surface area contributed by atoms with Gasteiger partial charge in [0.2, 0.25) is 11.8 Å². The van der Waals surface area contributed by atoms with Crippen LogP contribution in [0.4, 0.5) is 0 Å². The van der Waals surface area contributed by atoms with Crippen molar-refractivity contribution in [2.75, 3.05) is 20.7 Å². The molecular formula is C13H22N2O4. The molecule has 0 bridgehead atoms. The summed E-state index contributed by atoms with van der Waals surface area (Å²) < 4.78 is 4.69. The van der Waals surface area contributed by atoms with Crippen molar-refractivity contribution in [3.63, 3.8) is 0 Å². The number of carbonyl (C=O) groups excluding carboxylic acids is 3. The summed E-state index contributed by atoms with van der Waals surface area (Å²) in [7, 11) is 2.97. The lowest BCUT2D eigenvalue weighted by Crippen LogP contribution is -2.45. The van der Waals surface area contributed by atoms with Crippen LogP contribution < -0.4 is 5.32 Å². The fraction of sp³-hybridized carbons (Fsp3) is 0.769. The fourth-order valence-corrected chi connectivity index (χ4v) is 2.16. The first-order chi connectivity index (χ1) is 8.85. The van der Waals surface area contributed by atoms with Gasteiger partial charge in [0.05, 0.1) is 13.0 Å². The van der Waals surface area contributed by atoms with E-state index in [4.69, 9.17) is 0 Å². The van der Waals surface area contributed by atoms with Gasteiger partial charge in [0.15, 0.2) is 0 Å². The summed E-state index contributed by atoms with van der Waals surface area (Å²) in [5.41, 5.74) is 0. The zero-order valence-electron chi connectivity index (χ0n) is 11.9. The van der Waals surface area contributed by atoms with Crippen LogP contribution in [0, 0.1) is 11.8 Å². The summed E-state index contributed by atoms with van der Waals surface area (Å²) >= 11 is 0. The summed E-state index contributed by atoms with van der Waals surface area (Å²) in [5, 5.41) is 2.69. The highest BCUT2D eigenvalue weighted by Crippen LogP contribution is 2.17. The molecule has 6 nitrogen and oxygen atoms in total. The zero-order valence-corrected chi connectivity index (χ0v) is 11.9. The van der Waals surface area contributed by atoms with Crippen molar-refractivity contribution >= 4 is 17.8 Å². The number of rotatable bonds is 5. The second kappa shape index (κ2) is 6.54. The minimum Gasteiger partial charge on any atom is -0.467 e. The molecule has 108 valence electrons. The van der Waals surface area contributed by atoms with Crippen molar-refractivity contribution < 1.29 is 19.1 Å². The van der Waals surface area contributed by atoms with Crippen LogP contribution in [0.1, 0.15) is 26.7 Å². The second-order valence-corrected chi connectivity index (χ2v) is 5.39. The number of ether oxygens (including phenoxy) is 1. The molecule has 0 aromatic heterocycles. The molecule has 1 fully saturated rings. The van der Waals surface area contributed by atoms with E-state index in [1.165, 1.54) is 12.0 Å². The van der Waals surface area contributed by atoms with Gasteiger partial charge in [-0.2, -0.15) is 0 Å². The van der Waals surface area contributed by atoms with E-state index in [0.29, 0.717) is 13.0 Å². The highest BCUT2D eigenvalue weighted by molar-refractivity contribution is 5.91. The maximum Gasteiger partial charge on any atom is 0.328 e. The Kier molecular flexibility index (Phi) is 5.32. The smallest absolute Gasteiger partial charge is 0.328 e. The molecule has 2 atom stereocenters. The third kappa shape index (κ3) is 4.22. The Morgan fingerprint density at radius 3 is 2.53 bits per heavy atom. The van der Waals surface area contributed by atoms with Crippen molar-refractivity contribution in [2.24, 2.45) is 11.8 Å². The maximum absolute atomic E-state index is 12.1. The number of methoxy groups -OCH3 is 1. The normalized spacial score (nSPS) is 20.6. The van der Waals surface area contributed by atoms with Crippen molar-refractivity contribution in [2.45, 2.75) is 32.7 Å². The average Bonchev–Trinajstić information content (AvgIpc) is 2.67. The van der Waals surface area contributed by atoms with Crippen LogP contribution >= 0.6 is 0 Å². The van der Waals surface area contributed by atoms with E-state index in [0.717, 1.165) is 0 Å². The van der Waals surface area contributed by atoms with Crippen molar-refractivity contribution in [3.05, 3.63) is 0 Å². The van der Waals surface area contributed by atoms with Gasteiger partial charge in [-0.25, -0.2) is 4.79 Å². The number of likely N-dealkylation sites (tertiary alicyclic amines) is 1. The molecule has 0 radical (unpaired) electrons. The molecule has 0 aliphatic carbocycles. The number of nitrogens with zero attached hydrogens (tertiary/aromatic N) is 1. The highest BCUT2D eigenvalue weighted by atomic mass is 16.5. The van der Waals surface area contributed by atoms with E-state index in [-0.39, 0.29) is 30.1 Å². The monoisotopic (exact) mass is 270 g/mol. The van der Waals surface area contributed by atoms with Crippen LogP contribution in [-0.4, -0.2) is 49.4 Å². The first-order valence-corrected chi connectivity index (χ1v) is 6.47. The Hall–Kier alpha value is -1.59. The van der Waals surface area contributed by atoms with Crippen LogP contribution in [-0.2, 0) is 19.1 Å². The fourth-order valence-electron chi connectivity index (χ4n) is 2.16. The number of hydrogen-bond acceptors (Lipinski definition) is 4. The molecule has 6 heteroatoms. The summed E-state index contributed by atoms with van der Waals surface area (Å²) in [4.78, 5) is 36.6. The maximum atomic E-state index is 12.1. The molecule has 1 heterocycles. The summed E-state index contributed by atoms with van der Waals surface area (Å²) in [6.45, 7) is 4.34. The topological polar surface area (TPSA) is 75.7 Å². The summed E-state index contributed by atoms with van der Waals surface area (Å²) in [6, 6.07) is -0.640. The van der Waals surface area contributed by atoms with E-state index >= 15 is 0 Å². The van der Waals surface area contributed by atoms with Gasteiger partial charge in [0, 0.05) is 20.0 Å². The molecule has 0 aromatic carbocycles. The Morgan fingerprint density at radius 1 is 1.47 bits per heavy atom. The third-order valence-electron chi connectivity index (χ3n) is 3.22. The molecule has 0 spiro atoms. The number of hydrogen-bond donors (Lipinski definition) is 1. The van der Waals surface area contributed by atoms with E-state index in [2.05, 4.69) is 10.1 Å². The minimum atomic E-state index is -0.640. The molecule has 2 amide bonds. The van der Waals surface area contributed by atoms with Gasteiger partial charge < -0.3 is 15.0 Å². The summed E-state index contributed by atoms with van der Waals surface area (Å²) in [5.74, 6) is -0.860. The predicted octanol–water partition coefficient (Wildman–Crippen LogP) is 0.169. The third-order valence-corrected chi connectivity index (χ3v) is 3.22. The highest BCUT2D eigenvalue weighted by Gasteiger charge is 2.34. The van der Waals surface area contributed by atoms with Crippen molar-refractivity contribution in [1.29, 1.82) is 0 Å². The average molecular weight is 270 g/mol.